The molecule has 2 N–H and O–H groups in total. The van der Waals surface area contributed by atoms with E-state index in [0.717, 1.165) is 32.7 Å². The fourth-order valence-corrected chi connectivity index (χ4v) is 1.81. The van der Waals surface area contributed by atoms with E-state index in [-0.39, 0.29) is 11.8 Å². The van der Waals surface area contributed by atoms with Gasteiger partial charge in [-0.2, -0.15) is 5.26 Å². The van der Waals surface area contributed by atoms with Gasteiger partial charge in [-0.05, 0) is 0 Å². The zero-order valence-corrected chi connectivity index (χ0v) is 9.85. The van der Waals surface area contributed by atoms with Crippen molar-refractivity contribution in [2.75, 3.05) is 39.3 Å². The molecular formula is C11H20N4O. The fourth-order valence-electron chi connectivity index (χ4n) is 1.81. The zero-order valence-electron chi connectivity index (χ0n) is 9.85. The Kier molecular flexibility index (Phi) is 5.23. The highest BCUT2D eigenvalue weighted by Crippen LogP contribution is 2.07. The van der Waals surface area contributed by atoms with Crippen LogP contribution in [-0.2, 0) is 4.79 Å². The molecule has 0 saturated carbocycles. The van der Waals surface area contributed by atoms with Gasteiger partial charge in [0.25, 0.3) is 0 Å². The molecule has 1 amide bonds. The van der Waals surface area contributed by atoms with Crippen molar-refractivity contribution in [2.45, 2.75) is 13.3 Å². The van der Waals surface area contributed by atoms with Crippen molar-refractivity contribution in [2.24, 2.45) is 11.7 Å². The summed E-state index contributed by atoms with van der Waals surface area (Å²) in [6.45, 7) is 6.33. The number of hydrogen-bond donors (Lipinski definition) is 1. The molecule has 90 valence electrons. The van der Waals surface area contributed by atoms with Crippen molar-refractivity contribution < 1.29 is 4.79 Å². The first kappa shape index (κ1) is 12.9. The van der Waals surface area contributed by atoms with Crippen LogP contribution in [0.4, 0.5) is 0 Å². The molecule has 1 fully saturated rings. The highest BCUT2D eigenvalue weighted by Gasteiger charge is 2.23. The van der Waals surface area contributed by atoms with Gasteiger partial charge in [0.1, 0.15) is 0 Å². The van der Waals surface area contributed by atoms with Crippen LogP contribution >= 0.6 is 0 Å². The predicted octanol–water partition coefficient (Wildman–Crippen LogP) is -0.361. The Morgan fingerprint density at radius 2 is 2.06 bits per heavy atom. The number of rotatable bonds is 4. The van der Waals surface area contributed by atoms with Crippen LogP contribution in [0, 0.1) is 17.2 Å². The number of carbonyl (C=O) groups excluding carboxylic acids is 1. The zero-order chi connectivity index (χ0) is 12.0. The molecule has 0 bridgehead atoms. The van der Waals surface area contributed by atoms with E-state index in [1.54, 1.807) is 0 Å². The lowest BCUT2D eigenvalue weighted by molar-refractivity contribution is -0.136. The van der Waals surface area contributed by atoms with E-state index in [9.17, 15) is 4.79 Å². The molecule has 16 heavy (non-hydrogen) atoms. The number of amides is 1. The van der Waals surface area contributed by atoms with Gasteiger partial charge in [-0.3, -0.25) is 9.69 Å². The summed E-state index contributed by atoms with van der Waals surface area (Å²) < 4.78 is 0. The van der Waals surface area contributed by atoms with Gasteiger partial charge >= 0.3 is 0 Å². The molecule has 0 radical (unpaired) electrons. The first-order valence-corrected chi connectivity index (χ1v) is 5.77. The quantitative estimate of drug-likeness (QED) is 0.707. The highest BCUT2D eigenvalue weighted by atomic mass is 16.2. The third kappa shape index (κ3) is 3.47. The number of nitriles is 1. The lowest BCUT2D eigenvalue weighted by Gasteiger charge is -2.35. The van der Waals surface area contributed by atoms with Gasteiger partial charge in [0.15, 0.2) is 0 Å². The Morgan fingerprint density at radius 1 is 1.44 bits per heavy atom. The van der Waals surface area contributed by atoms with Crippen LogP contribution in [0.5, 0.6) is 0 Å². The Bertz CT molecular complexity index is 266. The van der Waals surface area contributed by atoms with E-state index < -0.39 is 0 Å². The lowest BCUT2D eigenvalue weighted by atomic mass is 10.1. The molecule has 1 rings (SSSR count). The molecule has 0 aliphatic carbocycles. The molecule has 0 spiro atoms. The Labute approximate surface area is 96.8 Å². The first-order valence-electron chi connectivity index (χ1n) is 5.77. The van der Waals surface area contributed by atoms with Crippen LogP contribution in [0.3, 0.4) is 0 Å². The summed E-state index contributed by atoms with van der Waals surface area (Å²) in [6, 6.07) is 2.14. The number of carbonyl (C=O) groups is 1. The van der Waals surface area contributed by atoms with Crippen molar-refractivity contribution in [1.82, 2.24) is 9.80 Å². The molecule has 0 aromatic heterocycles. The summed E-state index contributed by atoms with van der Waals surface area (Å²) in [4.78, 5) is 15.9. The van der Waals surface area contributed by atoms with Crippen LogP contribution in [0.1, 0.15) is 13.3 Å². The molecule has 0 aromatic rings. The molecule has 1 aliphatic rings. The van der Waals surface area contributed by atoms with E-state index in [4.69, 9.17) is 11.0 Å². The summed E-state index contributed by atoms with van der Waals surface area (Å²) in [5.74, 6) is 0.0769. The van der Waals surface area contributed by atoms with Gasteiger partial charge in [0, 0.05) is 51.6 Å². The SMILES string of the molecule is CC(CN)C(=O)N1CCN(CCC#N)CC1. The molecule has 1 atom stereocenters. The summed E-state index contributed by atoms with van der Waals surface area (Å²) in [7, 11) is 0. The van der Waals surface area contributed by atoms with Gasteiger partial charge < -0.3 is 10.6 Å². The van der Waals surface area contributed by atoms with Crippen molar-refractivity contribution in [3.63, 3.8) is 0 Å². The van der Waals surface area contributed by atoms with Gasteiger partial charge in [0.05, 0.1) is 6.07 Å². The van der Waals surface area contributed by atoms with Crippen molar-refractivity contribution in [1.29, 1.82) is 5.26 Å². The fraction of sp³-hybridized carbons (Fsp3) is 0.818. The molecule has 5 heteroatoms. The summed E-state index contributed by atoms with van der Waals surface area (Å²) in [5, 5.41) is 8.49. The average molecular weight is 224 g/mol. The van der Waals surface area contributed by atoms with Gasteiger partial charge in [0.2, 0.25) is 5.91 Å². The van der Waals surface area contributed by atoms with Gasteiger partial charge in [-0.15, -0.1) is 0 Å². The molecule has 5 nitrogen and oxygen atoms in total. The maximum absolute atomic E-state index is 11.8. The minimum atomic E-state index is -0.0781. The second kappa shape index (κ2) is 6.46. The molecule has 1 unspecified atom stereocenters. The number of nitrogens with zero attached hydrogens (tertiary/aromatic N) is 3. The van der Waals surface area contributed by atoms with Crippen molar-refractivity contribution in [3.8, 4) is 6.07 Å². The van der Waals surface area contributed by atoms with Crippen LogP contribution in [0.25, 0.3) is 0 Å². The van der Waals surface area contributed by atoms with Crippen molar-refractivity contribution in [3.05, 3.63) is 0 Å². The van der Waals surface area contributed by atoms with Crippen LogP contribution < -0.4 is 5.73 Å². The second-order valence-electron chi connectivity index (χ2n) is 4.21. The van der Waals surface area contributed by atoms with E-state index >= 15 is 0 Å². The van der Waals surface area contributed by atoms with Crippen LogP contribution in [0.15, 0.2) is 0 Å². The monoisotopic (exact) mass is 224 g/mol. The minimum Gasteiger partial charge on any atom is -0.340 e. The molecule has 1 heterocycles. The van der Waals surface area contributed by atoms with Gasteiger partial charge in [-0.1, -0.05) is 6.92 Å². The van der Waals surface area contributed by atoms with E-state index in [0.29, 0.717) is 13.0 Å². The predicted molar refractivity (Wildman–Crippen MR) is 61.5 cm³/mol. The standard InChI is InChI=1S/C11H20N4O/c1-10(9-13)11(16)15-7-5-14(6-8-15)4-2-3-12/h10H,2,4-9,13H2,1H3. The third-order valence-electron chi connectivity index (χ3n) is 3.00. The minimum absolute atomic E-state index is 0.0781. The Balaban J connectivity index is 2.32. The van der Waals surface area contributed by atoms with Crippen LogP contribution in [0.2, 0.25) is 0 Å². The molecule has 1 aliphatic heterocycles. The largest absolute Gasteiger partial charge is 0.340 e. The van der Waals surface area contributed by atoms with Crippen molar-refractivity contribution >= 4 is 5.91 Å². The number of piperazine rings is 1. The molecular weight excluding hydrogens is 204 g/mol. The van der Waals surface area contributed by atoms with Gasteiger partial charge in [-0.25, -0.2) is 0 Å². The van der Waals surface area contributed by atoms with Crippen LogP contribution in [-0.4, -0.2) is 55.0 Å². The number of hydrogen-bond acceptors (Lipinski definition) is 4. The summed E-state index contributed by atoms with van der Waals surface area (Å²) in [6.07, 6.45) is 0.563. The lowest BCUT2D eigenvalue weighted by Crippen LogP contribution is -2.50. The Morgan fingerprint density at radius 3 is 2.56 bits per heavy atom. The maximum Gasteiger partial charge on any atom is 0.226 e. The normalized spacial score (nSPS) is 19.2. The number of nitrogens with two attached hydrogens (primary N) is 1. The summed E-state index contributed by atoms with van der Waals surface area (Å²) in [5.41, 5.74) is 5.48. The maximum atomic E-state index is 11.8. The van der Waals surface area contributed by atoms with E-state index in [1.165, 1.54) is 0 Å². The first-order chi connectivity index (χ1) is 7.69. The molecule has 1 saturated heterocycles. The van der Waals surface area contributed by atoms with E-state index in [2.05, 4.69) is 11.0 Å². The molecule has 0 aromatic carbocycles. The summed E-state index contributed by atoms with van der Waals surface area (Å²) >= 11 is 0. The smallest absolute Gasteiger partial charge is 0.226 e. The third-order valence-corrected chi connectivity index (χ3v) is 3.00. The topological polar surface area (TPSA) is 73.4 Å². The highest BCUT2D eigenvalue weighted by molar-refractivity contribution is 5.78. The second-order valence-corrected chi connectivity index (χ2v) is 4.21. The Hall–Kier alpha value is -1.12. The van der Waals surface area contributed by atoms with E-state index in [1.807, 2.05) is 11.8 Å². The average Bonchev–Trinajstić information content (AvgIpc) is 2.35.